The SMILES string of the molecule is CCc1ccc(Cc2cc(C3(OC)O[C@H](CO)[C@@H](O)[C@H](O)[C@H]3O)c(COCCC#C[Si](C)(C)C)cc2Cl)cc1. The van der Waals surface area contributed by atoms with Crippen molar-refractivity contribution in [2.75, 3.05) is 20.3 Å². The number of rotatable bonds is 10. The van der Waals surface area contributed by atoms with Gasteiger partial charge in [0.2, 0.25) is 5.79 Å². The normalized spacial score (nSPS) is 25.3. The van der Waals surface area contributed by atoms with Crippen LogP contribution in [0, 0.1) is 11.5 Å². The molecule has 9 heteroatoms. The maximum atomic E-state index is 11.1. The van der Waals surface area contributed by atoms with Gasteiger partial charge < -0.3 is 34.6 Å². The zero-order valence-corrected chi connectivity index (χ0v) is 25.2. The van der Waals surface area contributed by atoms with E-state index >= 15 is 0 Å². The summed E-state index contributed by atoms with van der Waals surface area (Å²) in [4.78, 5) is 0. The Kier molecular flexibility index (Phi) is 11.2. The van der Waals surface area contributed by atoms with Gasteiger partial charge in [-0.05, 0) is 47.2 Å². The highest BCUT2D eigenvalue weighted by atomic mass is 35.5. The van der Waals surface area contributed by atoms with E-state index in [2.05, 4.69) is 50.2 Å². The molecule has 7 nitrogen and oxygen atoms in total. The highest BCUT2D eigenvalue weighted by molar-refractivity contribution is 6.83. The van der Waals surface area contributed by atoms with E-state index in [1.54, 1.807) is 12.1 Å². The van der Waals surface area contributed by atoms with Crippen molar-refractivity contribution in [3.05, 3.63) is 69.2 Å². The van der Waals surface area contributed by atoms with Crippen LogP contribution in [0.4, 0.5) is 0 Å². The molecule has 5 atom stereocenters. The maximum absolute atomic E-state index is 11.1. The van der Waals surface area contributed by atoms with Gasteiger partial charge in [-0.15, -0.1) is 11.5 Å². The predicted octanol–water partition coefficient (Wildman–Crippen LogP) is 3.55. The number of hydrogen-bond acceptors (Lipinski definition) is 7. The molecule has 0 spiro atoms. The highest BCUT2D eigenvalue weighted by Gasteiger charge is 2.55. The molecule has 1 aliphatic rings. The minimum absolute atomic E-state index is 0.124. The fourth-order valence-corrected chi connectivity index (χ4v) is 5.54. The van der Waals surface area contributed by atoms with Crippen molar-refractivity contribution < 1.29 is 34.6 Å². The van der Waals surface area contributed by atoms with Gasteiger partial charge in [0.05, 0.1) is 19.8 Å². The van der Waals surface area contributed by atoms with Crippen molar-refractivity contribution in [1.29, 1.82) is 0 Å². The number of ether oxygens (including phenoxy) is 3. The van der Waals surface area contributed by atoms with Gasteiger partial charge in [0.1, 0.15) is 32.5 Å². The van der Waals surface area contributed by atoms with Gasteiger partial charge in [0.25, 0.3) is 0 Å². The molecule has 2 aromatic carbocycles. The third kappa shape index (κ3) is 7.70. The molecular weight excluding hydrogens is 536 g/mol. The van der Waals surface area contributed by atoms with Crippen LogP contribution < -0.4 is 0 Å². The number of hydrogen-bond donors (Lipinski definition) is 4. The zero-order chi connectivity index (χ0) is 28.8. The van der Waals surface area contributed by atoms with Crippen molar-refractivity contribution in [1.82, 2.24) is 0 Å². The van der Waals surface area contributed by atoms with E-state index < -0.39 is 44.9 Å². The van der Waals surface area contributed by atoms with Gasteiger partial charge in [-0.3, -0.25) is 0 Å². The summed E-state index contributed by atoms with van der Waals surface area (Å²) >= 11 is 6.75. The van der Waals surface area contributed by atoms with Crippen LogP contribution in [-0.2, 0) is 39.4 Å². The molecule has 2 aromatic rings. The van der Waals surface area contributed by atoms with E-state index in [1.807, 2.05) is 12.1 Å². The first kappa shape index (κ1) is 31.8. The topological polar surface area (TPSA) is 109 Å². The lowest BCUT2D eigenvalue weighted by molar-refractivity contribution is -0.366. The molecule has 1 fully saturated rings. The first-order valence-corrected chi connectivity index (χ1v) is 17.2. The van der Waals surface area contributed by atoms with Gasteiger partial charge in [0, 0.05) is 24.1 Å². The second kappa shape index (κ2) is 13.7. The summed E-state index contributed by atoms with van der Waals surface area (Å²) in [6.45, 7) is 8.58. The number of methoxy groups -OCH3 is 1. The molecular formula is C30H41ClO7Si. The van der Waals surface area contributed by atoms with Crippen molar-refractivity contribution in [2.24, 2.45) is 0 Å². The van der Waals surface area contributed by atoms with Crippen LogP contribution in [0.25, 0.3) is 0 Å². The minimum Gasteiger partial charge on any atom is -0.394 e. The number of aliphatic hydroxyl groups excluding tert-OH is 4. The molecule has 0 saturated carbocycles. The molecule has 0 bridgehead atoms. The van der Waals surface area contributed by atoms with Crippen LogP contribution in [-0.4, -0.2) is 73.2 Å². The summed E-state index contributed by atoms with van der Waals surface area (Å²) in [5, 5.41) is 42.5. The minimum atomic E-state index is -1.88. The molecule has 0 aromatic heterocycles. The van der Waals surface area contributed by atoms with Crippen molar-refractivity contribution in [3.63, 3.8) is 0 Å². The predicted molar refractivity (Wildman–Crippen MR) is 154 cm³/mol. The average molecular weight is 577 g/mol. The quantitative estimate of drug-likeness (QED) is 0.195. The summed E-state index contributed by atoms with van der Waals surface area (Å²) in [6, 6.07) is 11.8. The molecule has 39 heavy (non-hydrogen) atoms. The molecule has 214 valence electrons. The Morgan fingerprint density at radius 1 is 1.03 bits per heavy atom. The fourth-order valence-electron chi connectivity index (χ4n) is 4.63. The van der Waals surface area contributed by atoms with Crippen molar-refractivity contribution in [2.45, 2.75) is 82.6 Å². The zero-order valence-electron chi connectivity index (χ0n) is 23.4. The standard InChI is InChI=1S/C30H41ClO7Si/c1-6-20-9-11-21(12-10-20)15-22-16-24(30(36-2)29(35)28(34)27(33)26(18-32)38-30)23(17-25(22)31)19-37-13-7-8-14-39(3,4)5/h9-12,16-17,26-29,32-35H,6-7,13,15,18-19H2,1-5H3/t26-,27-,28+,29-,30?/m1/s1. The van der Waals surface area contributed by atoms with Crippen molar-refractivity contribution >= 4 is 19.7 Å². The lowest BCUT2D eigenvalue weighted by Crippen LogP contribution is -2.64. The highest BCUT2D eigenvalue weighted by Crippen LogP contribution is 2.42. The van der Waals surface area contributed by atoms with E-state index in [4.69, 9.17) is 25.8 Å². The molecule has 0 radical (unpaired) electrons. The average Bonchev–Trinajstić information content (AvgIpc) is 2.91. The summed E-state index contributed by atoms with van der Waals surface area (Å²) in [7, 11) is -0.125. The third-order valence-corrected chi connectivity index (χ3v) is 8.10. The van der Waals surface area contributed by atoms with Gasteiger partial charge in [-0.25, -0.2) is 0 Å². The Labute approximate surface area is 237 Å². The van der Waals surface area contributed by atoms with Crippen LogP contribution in [0.5, 0.6) is 0 Å². The second-order valence-corrected chi connectivity index (χ2v) is 16.1. The fraction of sp³-hybridized carbons (Fsp3) is 0.533. The number of aryl methyl sites for hydroxylation is 1. The smallest absolute Gasteiger partial charge is 0.225 e. The van der Waals surface area contributed by atoms with Crippen LogP contribution in [0.15, 0.2) is 36.4 Å². The Morgan fingerprint density at radius 2 is 1.69 bits per heavy atom. The summed E-state index contributed by atoms with van der Waals surface area (Å²) in [5.74, 6) is 1.30. The molecule has 0 aliphatic carbocycles. The summed E-state index contributed by atoms with van der Waals surface area (Å²) < 4.78 is 17.7. The Morgan fingerprint density at radius 3 is 2.28 bits per heavy atom. The summed E-state index contributed by atoms with van der Waals surface area (Å²) in [5.41, 5.74) is 7.34. The monoisotopic (exact) mass is 576 g/mol. The van der Waals surface area contributed by atoms with E-state index in [-0.39, 0.29) is 6.61 Å². The molecule has 0 amide bonds. The first-order valence-electron chi connectivity index (χ1n) is 13.3. The van der Waals surface area contributed by atoms with Gasteiger partial charge in [-0.2, -0.15) is 0 Å². The largest absolute Gasteiger partial charge is 0.394 e. The lowest BCUT2D eigenvalue weighted by Gasteiger charge is -2.48. The number of aliphatic hydroxyl groups is 4. The van der Waals surface area contributed by atoms with Crippen LogP contribution in [0.2, 0.25) is 24.7 Å². The molecule has 1 aliphatic heterocycles. The Hall–Kier alpha value is -1.77. The van der Waals surface area contributed by atoms with E-state index in [1.165, 1.54) is 12.7 Å². The number of halogens is 1. The maximum Gasteiger partial charge on any atom is 0.225 e. The van der Waals surface area contributed by atoms with E-state index in [9.17, 15) is 20.4 Å². The molecule has 1 saturated heterocycles. The molecule has 3 rings (SSSR count). The molecule has 1 unspecified atom stereocenters. The second-order valence-electron chi connectivity index (χ2n) is 10.9. The first-order chi connectivity index (χ1) is 18.5. The van der Waals surface area contributed by atoms with Gasteiger partial charge >= 0.3 is 0 Å². The molecule has 1 heterocycles. The van der Waals surface area contributed by atoms with E-state index in [0.29, 0.717) is 35.6 Å². The van der Waals surface area contributed by atoms with Crippen molar-refractivity contribution in [3.8, 4) is 11.5 Å². The molecule has 4 N–H and O–H groups in total. The summed E-state index contributed by atoms with van der Waals surface area (Å²) in [6.07, 6.45) is -3.94. The third-order valence-electron chi connectivity index (χ3n) is 6.82. The van der Waals surface area contributed by atoms with E-state index in [0.717, 1.165) is 17.5 Å². The number of benzene rings is 2. The Bertz CT molecular complexity index is 1150. The Balaban J connectivity index is 2.00. The lowest BCUT2D eigenvalue weighted by atomic mass is 9.84. The van der Waals surface area contributed by atoms with Gasteiger partial charge in [-0.1, -0.05) is 62.4 Å². The van der Waals surface area contributed by atoms with Crippen LogP contribution >= 0.6 is 11.6 Å². The van der Waals surface area contributed by atoms with Crippen LogP contribution in [0.3, 0.4) is 0 Å². The van der Waals surface area contributed by atoms with Gasteiger partial charge in [0.15, 0.2) is 0 Å². The van der Waals surface area contributed by atoms with Crippen LogP contribution in [0.1, 0.15) is 41.2 Å².